The second-order valence-electron chi connectivity index (χ2n) is 6.30. The van der Waals surface area contributed by atoms with Crippen LogP contribution in [0.25, 0.3) is 0 Å². The molecule has 0 saturated carbocycles. The first-order valence-corrected chi connectivity index (χ1v) is 8.78. The lowest BCUT2D eigenvalue weighted by atomic mass is 10.00. The third kappa shape index (κ3) is 4.81. The molecule has 0 radical (unpaired) electrons. The van der Waals surface area contributed by atoms with Crippen molar-refractivity contribution in [2.24, 2.45) is 5.92 Å². The number of nitrogens with one attached hydrogen (secondary N) is 1. The fraction of sp³-hybridized carbons (Fsp3) is 0.579. The van der Waals surface area contributed by atoms with Crippen LogP contribution in [0.5, 0.6) is 0 Å². The van der Waals surface area contributed by atoms with Crippen molar-refractivity contribution in [1.82, 2.24) is 10.2 Å². The standard InChI is InChI=1S/C19H28N2O2/c1-3-16(4-2)18(22)20-17(14-15-10-6-5-7-11-15)19(23)21-12-8-9-13-21/h5-7,10-11,16-17H,3-4,8-9,12-14H2,1-2H3,(H,20,22)/t17-/m0/s1. The number of benzene rings is 1. The first-order chi connectivity index (χ1) is 11.2. The Morgan fingerprint density at radius 3 is 2.26 bits per heavy atom. The van der Waals surface area contributed by atoms with Crippen molar-refractivity contribution in [1.29, 1.82) is 0 Å². The minimum atomic E-state index is -0.455. The smallest absolute Gasteiger partial charge is 0.245 e. The summed E-state index contributed by atoms with van der Waals surface area (Å²) in [6.45, 7) is 5.65. The Hall–Kier alpha value is -1.84. The molecule has 1 heterocycles. The van der Waals surface area contributed by atoms with E-state index in [1.54, 1.807) is 0 Å². The number of amides is 2. The summed E-state index contributed by atoms with van der Waals surface area (Å²) < 4.78 is 0. The molecule has 1 aliphatic heterocycles. The first-order valence-electron chi connectivity index (χ1n) is 8.78. The van der Waals surface area contributed by atoms with Crippen LogP contribution in [0, 0.1) is 5.92 Å². The minimum absolute atomic E-state index is 0.00322. The van der Waals surface area contributed by atoms with E-state index in [0.717, 1.165) is 44.3 Å². The fourth-order valence-electron chi connectivity index (χ4n) is 3.16. The van der Waals surface area contributed by atoms with Gasteiger partial charge in [0, 0.05) is 25.4 Å². The third-order valence-corrected chi connectivity index (χ3v) is 4.67. The summed E-state index contributed by atoms with van der Waals surface area (Å²) in [5.74, 6) is 0.0498. The molecule has 0 bridgehead atoms. The SMILES string of the molecule is CCC(CC)C(=O)N[C@@H](Cc1ccccc1)C(=O)N1CCCC1. The Labute approximate surface area is 139 Å². The molecule has 1 aromatic rings. The summed E-state index contributed by atoms with van der Waals surface area (Å²) >= 11 is 0. The monoisotopic (exact) mass is 316 g/mol. The van der Waals surface area contributed by atoms with Crippen LogP contribution < -0.4 is 5.32 Å². The summed E-state index contributed by atoms with van der Waals surface area (Å²) in [5, 5.41) is 3.01. The Bertz CT molecular complexity index is 505. The van der Waals surface area contributed by atoms with E-state index < -0.39 is 6.04 Å². The average molecular weight is 316 g/mol. The van der Waals surface area contributed by atoms with Gasteiger partial charge in [-0.2, -0.15) is 0 Å². The van der Waals surface area contributed by atoms with E-state index in [4.69, 9.17) is 0 Å². The van der Waals surface area contributed by atoms with Gasteiger partial charge in [0.2, 0.25) is 11.8 Å². The molecule has 23 heavy (non-hydrogen) atoms. The normalized spacial score (nSPS) is 15.7. The third-order valence-electron chi connectivity index (χ3n) is 4.67. The lowest BCUT2D eigenvalue weighted by Gasteiger charge is -2.25. The fourth-order valence-corrected chi connectivity index (χ4v) is 3.16. The van der Waals surface area contributed by atoms with Gasteiger partial charge in [-0.25, -0.2) is 0 Å². The molecule has 2 rings (SSSR count). The van der Waals surface area contributed by atoms with E-state index >= 15 is 0 Å². The summed E-state index contributed by atoms with van der Waals surface area (Å²) in [5.41, 5.74) is 1.08. The molecule has 2 amide bonds. The van der Waals surface area contributed by atoms with E-state index in [0.29, 0.717) is 6.42 Å². The molecule has 1 fully saturated rings. The van der Waals surface area contributed by atoms with Gasteiger partial charge >= 0.3 is 0 Å². The first kappa shape index (κ1) is 17.5. The molecule has 4 heteroatoms. The number of rotatable bonds is 7. The van der Waals surface area contributed by atoms with Crippen LogP contribution in [0.3, 0.4) is 0 Å². The van der Waals surface area contributed by atoms with Gasteiger partial charge in [0.1, 0.15) is 6.04 Å². The van der Waals surface area contributed by atoms with E-state index in [-0.39, 0.29) is 17.7 Å². The van der Waals surface area contributed by atoms with Crippen LogP contribution in [-0.2, 0) is 16.0 Å². The highest BCUT2D eigenvalue weighted by Crippen LogP contribution is 2.14. The molecular weight excluding hydrogens is 288 g/mol. The predicted molar refractivity (Wildman–Crippen MR) is 92.0 cm³/mol. The topological polar surface area (TPSA) is 49.4 Å². The number of carbonyl (C=O) groups is 2. The van der Waals surface area contributed by atoms with Crippen molar-refractivity contribution in [2.45, 2.75) is 52.0 Å². The van der Waals surface area contributed by atoms with Crippen molar-refractivity contribution in [3.63, 3.8) is 0 Å². The molecule has 1 saturated heterocycles. The summed E-state index contributed by atoms with van der Waals surface area (Å²) in [7, 11) is 0. The highest BCUT2D eigenvalue weighted by Gasteiger charge is 2.29. The highest BCUT2D eigenvalue weighted by atomic mass is 16.2. The van der Waals surface area contributed by atoms with Crippen LogP contribution in [0.2, 0.25) is 0 Å². The van der Waals surface area contributed by atoms with Crippen LogP contribution in [-0.4, -0.2) is 35.8 Å². The van der Waals surface area contributed by atoms with Gasteiger partial charge in [0.05, 0.1) is 0 Å². The maximum absolute atomic E-state index is 12.8. The lowest BCUT2D eigenvalue weighted by molar-refractivity contribution is -0.136. The number of carbonyl (C=O) groups excluding carboxylic acids is 2. The van der Waals surface area contributed by atoms with Gasteiger partial charge in [-0.05, 0) is 31.2 Å². The second-order valence-corrected chi connectivity index (χ2v) is 6.30. The second kappa shape index (κ2) is 8.70. The molecule has 126 valence electrons. The maximum atomic E-state index is 12.8. The van der Waals surface area contributed by atoms with Gasteiger partial charge < -0.3 is 10.2 Å². The van der Waals surface area contributed by atoms with Crippen LogP contribution in [0.15, 0.2) is 30.3 Å². The summed E-state index contributed by atoms with van der Waals surface area (Å²) in [4.78, 5) is 27.1. The number of hydrogen-bond acceptors (Lipinski definition) is 2. The zero-order valence-electron chi connectivity index (χ0n) is 14.3. The van der Waals surface area contributed by atoms with Crippen LogP contribution >= 0.6 is 0 Å². The predicted octanol–water partition coefficient (Wildman–Crippen LogP) is 2.77. The van der Waals surface area contributed by atoms with Crippen molar-refractivity contribution in [3.8, 4) is 0 Å². The van der Waals surface area contributed by atoms with Crippen LogP contribution in [0.1, 0.15) is 45.1 Å². The quantitative estimate of drug-likeness (QED) is 0.841. The minimum Gasteiger partial charge on any atom is -0.344 e. The number of likely N-dealkylation sites (tertiary alicyclic amines) is 1. The van der Waals surface area contributed by atoms with Crippen molar-refractivity contribution in [3.05, 3.63) is 35.9 Å². The molecule has 1 N–H and O–H groups in total. The molecule has 0 spiro atoms. The van der Waals surface area contributed by atoms with E-state index in [9.17, 15) is 9.59 Å². The van der Waals surface area contributed by atoms with Crippen molar-refractivity contribution >= 4 is 11.8 Å². The molecule has 1 aliphatic rings. The largest absolute Gasteiger partial charge is 0.344 e. The zero-order chi connectivity index (χ0) is 16.7. The van der Waals surface area contributed by atoms with Crippen LogP contribution in [0.4, 0.5) is 0 Å². The molecule has 0 aromatic heterocycles. The van der Waals surface area contributed by atoms with Gasteiger partial charge in [0.25, 0.3) is 0 Å². The molecule has 0 unspecified atom stereocenters. The van der Waals surface area contributed by atoms with E-state index in [1.807, 2.05) is 49.1 Å². The zero-order valence-corrected chi connectivity index (χ0v) is 14.3. The Morgan fingerprint density at radius 2 is 1.70 bits per heavy atom. The van der Waals surface area contributed by atoms with Gasteiger partial charge in [0.15, 0.2) is 0 Å². The highest BCUT2D eigenvalue weighted by molar-refractivity contribution is 5.88. The van der Waals surface area contributed by atoms with E-state index in [2.05, 4.69) is 5.32 Å². The number of nitrogens with zero attached hydrogens (tertiary/aromatic N) is 1. The lowest BCUT2D eigenvalue weighted by Crippen LogP contribution is -2.50. The Kier molecular flexibility index (Phi) is 6.63. The number of hydrogen-bond donors (Lipinski definition) is 1. The molecular formula is C19H28N2O2. The van der Waals surface area contributed by atoms with Crippen molar-refractivity contribution in [2.75, 3.05) is 13.1 Å². The Morgan fingerprint density at radius 1 is 1.09 bits per heavy atom. The molecule has 4 nitrogen and oxygen atoms in total. The molecule has 1 aromatic carbocycles. The van der Waals surface area contributed by atoms with E-state index in [1.165, 1.54) is 0 Å². The van der Waals surface area contributed by atoms with Gasteiger partial charge in [-0.3, -0.25) is 9.59 Å². The molecule has 0 aliphatic carbocycles. The van der Waals surface area contributed by atoms with Gasteiger partial charge in [-0.1, -0.05) is 44.2 Å². The molecule has 1 atom stereocenters. The maximum Gasteiger partial charge on any atom is 0.245 e. The summed E-state index contributed by atoms with van der Waals surface area (Å²) in [6.07, 6.45) is 4.28. The Balaban J connectivity index is 2.10. The summed E-state index contributed by atoms with van der Waals surface area (Å²) in [6, 6.07) is 9.46. The average Bonchev–Trinajstić information content (AvgIpc) is 3.10. The van der Waals surface area contributed by atoms with Crippen molar-refractivity contribution < 1.29 is 9.59 Å². The van der Waals surface area contributed by atoms with Gasteiger partial charge in [-0.15, -0.1) is 0 Å².